The fourth-order valence-electron chi connectivity index (χ4n) is 2.98. The molecule has 7 nitrogen and oxygen atoms in total. The molecule has 2 aromatic carbocycles. The first-order valence-corrected chi connectivity index (χ1v) is 9.70. The van der Waals surface area contributed by atoms with Gasteiger partial charge in [0.2, 0.25) is 10.8 Å². The summed E-state index contributed by atoms with van der Waals surface area (Å²) in [6, 6.07) is 19.9. The summed E-state index contributed by atoms with van der Waals surface area (Å²) < 4.78 is 7.34. The van der Waals surface area contributed by atoms with Crippen molar-refractivity contribution < 1.29 is 4.74 Å². The summed E-state index contributed by atoms with van der Waals surface area (Å²) in [5.41, 5.74) is 3.65. The van der Waals surface area contributed by atoms with E-state index in [0.717, 1.165) is 38.2 Å². The molecule has 138 valence electrons. The van der Waals surface area contributed by atoms with Crippen molar-refractivity contribution in [2.24, 2.45) is 0 Å². The van der Waals surface area contributed by atoms with Crippen molar-refractivity contribution in [1.29, 1.82) is 0 Å². The first-order valence-electron chi connectivity index (χ1n) is 8.88. The van der Waals surface area contributed by atoms with E-state index in [1.54, 1.807) is 4.52 Å². The highest BCUT2D eigenvalue weighted by atomic mass is 32.1. The quantitative estimate of drug-likeness (QED) is 0.485. The number of hydrogen-bond acceptors (Lipinski definition) is 6. The number of fused-ring (bicyclic) bond motifs is 1. The molecule has 0 radical (unpaired) electrons. The standard InChI is InChI=1S/C20H16N6OS/c1-2-27-15-10-6-9-14(11-15)19-25-26-18(23-24-20(26)28-19)17-12-16(21-22-17)13-7-4-3-5-8-13/h3-12H,2H2,1H3,(H,21,22). The minimum atomic E-state index is 0.627. The summed E-state index contributed by atoms with van der Waals surface area (Å²) in [7, 11) is 0. The van der Waals surface area contributed by atoms with Crippen molar-refractivity contribution in [1.82, 2.24) is 30.0 Å². The maximum Gasteiger partial charge on any atom is 0.235 e. The minimum absolute atomic E-state index is 0.627. The molecule has 0 aliphatic heterocycles. The third kappa shape index (κ3) is 2.93. The van der Waals surface area contributed by atoms with E-state index < -0.39 is 0 Å². The van der Waals surface area contributed by atoms with Gasteiger partial charge in [0.05, 0.1) is 12.3 Å². The highest BCUT2D eigenvalue weighted by Gasteiger charge is 2.17. The number of H-pyrrole nitrogens is 1. The van der Waals surface area contributed by atoms with E-state index >= 15 is 0 Å². The first kappa shape index (κ1) is 16.6. The van der Waals surface area contributed by atoms with E-state index in [1.165, 1.54) is 11.3 Å². The average molecular weight is 388 g/mol. The van der Waals surface area contributed by atoms with Crippen LogP contribution in [0.2, 0.25) is 0 Å². The predicted octanol–water partition coefficient (Wildman–Crippen LogP) is 4.31. The molecular weight excluding hydrogens is 372 g/mol. The Kier molecular flexibility index (Phi) is 4.10. The molecule has 0 unspecified atom stereocenters. The summed E-state index contributed by atoms with van der Waals surface area (Å²) in [6.45, 7) is 2.60. The van der Waals surface area contributed by atoms with Gasteiger partial charge >= 0.3 is 0 Å². The van der Waals surface area contributed by atoms with Crippen LogP contribution in [0.3, 0.4) is 0 Å². The van der Waals surface area contributed by atoms with Gasteiger partial charge in [-0.15, -0.1) is 10.2 Å². The van der Waals surface area contributed by atoms with Crippen LogP contribution in [0, 0.1) is 0 Å². The fourth-order valence-corrected chi connectivity index (χ4v) is 3.82. The van der Waals surface area contributed by atoms with Crippen molar-refractivity contribution in [3.05, 3.63) is 60.7 Å². The van der Waals surface area contributed by atoms with Gasteiger partial charge in [0.1, 0.15) is 16.5 Å². The van der Waals surface area contributed by atoms with Gasteiger partial charge in [0, 0.05) is 11.1 Å². The molecule has 0 aliphatic rings. The van der Waals surface area contributed by atoms with Crippen molar-refractivity contribution in [3.63, 3.8) is 0 Å². The molecule has 0 spiro atoms. The number of nitrogens with one attached hydrogen (secondary N) is 1. The molecule has 0 saturated heterocycles. The molecule has 0 saturated carbocycles. The molecule has 3 aromatic heterocycles. The zero-order chi connectivity index (χ0) is 18.9. The molecule has 5 aromatic rings. The number of hydrogen-bond donors (Lipinski definition) is 1. The first-order chi connectivity index (χ1) is 13.8. The molecule has 5 rings (SSSR count). The Labute approximate surface area is 164 Å². The van der Waals surface area contributed by atoms with Gasteiger partial charge in [-0.3, -0.25) is 5.10 Å². The van der Waals surface area contributed by atoms with Crippen molar-refractivity contribution in [2.45, 2.75) is 6.92 Å². The lowest BCUT2D eigenvalue weighted by atomic mass is 10.1. The van der Waals surface area contributed by atoms with Gasteiger partial charge < -0.3 is 4.74 Å². The van der Waals surface area contributed by atoms with Gasteiger partial charge in [-0.2, -0.15) is 14.7 Å². The Morgan fingerprint density at radius 2 is 1.86 bits per heavy atom. The van der Waals surface area contributed by atoms with Crippen LogP contribution in [0.1, 0.15) is 6.92 Å². The molecule has 0 fully saturated rings. The van der Waals surface area contributed by atoms with Crippen LogP contribution in [0.15, 0.2) is 60.7 Å². The molecule has 0 aliphatic carbocycles. The van der Waals surface area contributed by atoms with E-state index in [0.29, 0.717) is 12.4 Å². The molecule has 0 bridgehead atoms. The maximum atomic E-state index is 5.59. The van der Waals surface area contributed by atoms with Gasteiger partial charge in [-0.25, -0.2) is 0 Å². The topological polar surface area (TPSA) is 81.0 Å². The predicted molar refractivity (Wildman–Crippen MR) is 108 cm³/mol. The third-order valence-corrected chi connectivity index (χ3v) is 5.22. The number of rotatable bonds is 5. The minimum Gasteiger partial charge on any atom is -0.494 e. The molecule has 3 heterocycles. The Hall–Kier alpha value is -3.52. The Morgan fingerprint density at radius 3 is 2.71 bits per heavy atom. The average Bonchev–Trinajstić information content (AvgIpc) is 3.45. The fraction of sp³-hybridized carbons (Fsp3) is 0.100. The number of ether oxygens (including phenoxy) is 1. The van der Waals surface area contributed by atoms with Crippen LogP contribution in [-0.2, 0) is 0 Å². The second-order valence-electron chi connectivity index (χ2n) is 6.12. The van der Waals surface area contributed by atoms with Crippen LogP contribution < -0.4 is 4.74 Å². The van der Waals surface area contributed by atoms with Crippen LogP contribution in [0.4, 0.5) is 0 Å². The number of aromatic nitrogens is 6. The number of nitrogens with zero attached hydrogens (tertiary/aromatic N) is 5. The Balaban J connectivity index is 1.52. The SMILES string of the molecule is CCOc1cccc(-c2nn3c(-c4cc(-c5ccccc5)n[nH]4)nnc3s2)c1. The summed E-state index contributed by atoms with van der Waals surface area (Å²) >= 11 is 1.48. The normalized spacial score (nSPS) is 11.2. The van der Waals surface area contributed by atoms with Gasteiger partial charge in [0.25, 0.3) is 0 Å². The molecular formula is C20H16N6OS. The monoisotopic (exact) mass is 388 g/mol. The zero-order valence-corrected chi connectivity index (χ0v) is 15.8. The highest BCUT2D eigenvalue weighted by molar-refractivity contribution is 7.19. The van der Waals surface area contributed by atoms with Crippen molar-refractivity contribution in [3.8, 4) is 39.1 Å². The van der Waals surface area contributed by atoms with E-state index in [9.17, 15) is 0 Å². The largest absolute Gasteiger partial charge is 0.494 e. The summed E-state index contributed by atoms with van der Waals surface area (Å²) in [6.07, 6.45) is 0. The molecule has 0 atom stereocenters. The number of benzene rings is 2. The maximum absolute atomic E-state index is 5.59. The number of aromatic amines is 1. The second kappa shape index (κ2) is 6.90. The van der Waals surface area contributed by atoms with E-state index in [1.807, 2.05) is 67.6 Å². The lowest BCUT2D eigenvalue weighted by molar-refractivity contribution is 0.340. The third-order valence-electron chi connectivity index (χ3n) is 4.27. The smallest absolute Gasteiger partial charge is 0.235 e. The van der Waals surface area contributed by atoms with E-state index in [-0.39, 0.29) is 0 Å². The summed E-state index contributed by atoms with van der Waals surface area (Å²) in [4.78, 5) is 0.725. The van der Waals surface area contributed by atoms with E-state index in [2.05, 4.69) is 20.4 Å². The molecule has 8 heteroatoms. The summed E-state index contributed by atoms with van der Waals surface area (Å²) in [5, 5.41) is 21.6. The van der Waals surface area contributed by atoms with Gasteiger partial charge in [-0.1, -0.05) is 53.8 Å². The van der Waals surface area contributed by atoms with Crippen molar-refractivity contribution in [2.75, 3.05) is 6.61 Å². The van der Waals surface area contributed by atoms with Crippen LogP contribution in [0.5, 0.6) is 5.75 Å². The van der Waals surface area contributed by atoms with Crippen LogP contribution in [0.25, 0.3) is 38.3 Å². The molecule has 1 N–H and O–H groups in total. The van der Waals surface area contributed by atoms with Gasteiger partial charge in [0.15, 0.2) is 0 Å². The molecule has 0 amide bonds. The summed E-state index contributed by atoms with van der Waals surface area (Å²) in [5.74, 6) is 1.46. The lowest BCUT2D eigenvalue weighted by Crippen LogP contribution is -1.92. The van der Waals surface area contributed by atoms with Crippen molar-refractivity contribution >= 4 is 16.3 Å². The Morgan fingerprint density at radius 1 is 1.00 bits per heavy atom. The van der Waals surface area contributed by atoms with E-state index in [4.69, 9.17) is 9.84 Å². The Bertz CT molecular complexity index is 1240. The highest BCUT2D eigenvalue weighted by Crippen LogP contribution is 2.30. The molecule has 28 heavy (non-hydrogen) atoms. The van der Waals surface area contributed by atoms with Gasteiger partial charge in [-0.05, 0) is 25.1 Å². The van der Waals surface area contributed by atoms with Crippen LogP contribution in [-0.4, -0.2) is 36.6 Å². The zero-order valence-electron chi connectivity index (χ0n) is 15.0. The second-order valence-corrected chi connectivity index (χ2v) is 7.07. The van der Waals surface area contributed by atoms with Crippen LogP contribution >= 0.6 is 11.3 Å². The lowest BCUT2D eigenvalue weighted by Gasteiger charge is -2.03.